The van der Waals surface area contributed by atoms with Crippen LogP contribution in [0.1, 0.15) is 29.2 Å². The third-order valence-corrected chi connectivity index (χ3v) is 4.86. The molecule has 2 atom stereocenters. The van der Waals surface area contributed by atoms with Gasteiger partial charge in [-0.05, 0) is 35.7 Å². The van der Waals surface area contributed by atoms with Gasteiger partial charge in [0.15, 0.2) is 0 Å². The summed E-state index contributed by atoms with van der Waals surface area (Å²) in [7, 11) is 1.33. The van der Waals surface area contributed by atoms with Crippen LogP contribution in [0.3, 0.4) is 0 Å². The van der Waals surface area contributed by atoms with E-state index in [4.69, 9.17) is 16.3 Å². The van der Waals surface area contributed by atoms with Crippen molar-refractivity contribution in [3.05, 3.63) is 64.2 Å². The number of aryl methyl sites for hydroxylation is 1. The molecule has 6 heteroatoms. The van der Waals surface area contributed by atoms with Gasteiger partial charge in [-0.1, -0.05) is 41.9 Å². The minimum atomic E-state index is -0.473. The smallest absolute Gasteiger partial charge is 0.307 e. The third kappa shape index (κ3) is 3.99. The van der Waals surface area contributed by atoms with Crippen molar-refractivity contribution in [2.45, 2.75) is 31.8 Å². The van der Waals surface area contributed by atoms with Crippen molar-refractivity contribution < 1.29 is 14.3 Å². The average molecular weight is 373 g/mol. The fraction of sp³-hybridized carbons (Fsp3) is 0.300. The Morgan fingerprint density at radius 1 is 1.27 bits per heavy atom. The Balaban J connectivity index is 1.74. The van der Waals surface area contributed by atoms with Gasteiger partial charge >= 0.3 is 5.97 Å². The molecule has 3 rings (SSSR count). The Bertz CT molecular complexity index is 820. The number of halogens is 1. The fourth-order valence-corrected chi connectivity index (χ4v) is 3.30. The minimum absolute atomic E-state index is 0.0581. The second-order valence-corrected chi connectivity index (χ2v) is 6.84. The van der Waals surface area contributed by atoms with E-state index < -0.39 is 6.04 Å². The van der Waals surface area contributed by atoms with E-state index in [0.29, 0.717) is 11.4 Å². The van der Waals surface area contributed by atoms with E-state index in [-0.39, 0.29) is 24.3 Å². The van der Waals surface area contributed by atoms with Crippen LogP contribution in [0.5, 0.6) is 0 Å². The van der Waals surface area contributed by atoms with Gasteiger partial charge in [0.1, 0.15) is 6.04 Å². The summed E-state index contributed by atoms with van der Waals surface area (Å²) >= 11 is 5.94. The first-order valence-corrected chi connectivity index (χ1v) is 8.83. The van der Waals surface area contributed by atoms with Gasteiger partial charge in [0.05, 0.1) is 19.6 Å². The first-order chi connectivity index (χ1) is 12.5. The normalized spacial score (nSPS) is 16.3. The highest BCUT2D eigenvalue weighted by Crippen LogP contribution is 2.29. The van der Waals surface area contributed by atoms with E-state index in [0.717, 1.165) is 22.4 Å². The number of benzene rings is 2. The van der Waals surface area contributed by atoms with Gasteiger partial charge in [0, 0.05) is 17.1 Å². The summed E-state index contributed by atoms with van der Waals surface area (Å²) in [5, 5.41) is 6.85. The number of hydrogen-bond donors (Lipinski definition) is 2. The summed E-state index contributed by atoms with van der Waals surface area (Å²) in [5.41, 5.74) is 4.06. The number of methoxy groups -OCH3 is 1. The summed E-state index contributed by atoms with van der Waals surface area (Å²) in [6, 6.07) is 12.3. The van der Waals surface area contributed by atoms with Crippen molar-refractivity contribution in [2.24, 2.45) is 0 Å². The molecule has 0 aliphatic carbocycles. The molecule has 26 heavy (non-hydrogen) atoms. The summed E-state index contributed by atoms with van der Waals surface area (Å²) in [6.07, 6.45) is 0.678. The second-order valence-electron chi connectivity index (χ2n) is 6.40. The number of anilines is 1. The van der Waals surface area contributed by atoms with E-state index in [1.807, 2.05) is 25.1 Å². The summed E-state index contributed by atoms with van der Waals surface area (Å²) < 4.78 is 4.77. The van der Waals surface area contributed by atoms with Gasteiger partial charge in [-0.15, -0.1) is 0 Å². The number of fused-ring (bicyclic) bond motifs is 1. The Labute approximate surface area is 157 Å². The molecule has 0 aromatic heterocycles. The van der Waals surface area contributed by atoms with Gasteiger partial charge < -0.3 is 15.4 Å². The number of carbonyl (C=O) groups is 2. The quantitative estimate of drug-likeness (QED) is 0.789. The highest BCUT2D eigenvalue weighted by Gasteiger charge is 2.29. The van der Waals surface area contributed by atoms with Crippen molar-refractivity contribution in [1.82, 2.24) is 5.32 Å². The van der Waals surface area contributed by atoms with Gasteiger partial charge in [-0.3, -0.25) is 9.59 Å². The number of hydrogen-bond acceptors (Lipinski definition) is 4. The molecular weight excluding hydrogens is 352 g/mol. The Hall–Kier alpha value is -2.53. The lowest BCUT2D eigenvalue weighted by molar-refractivity contribution is -0.141. The summed E-state index contributed by atoms with van der Waals surface area (Å²) in [5.74, 6) is -0.534. The van der Waals surface area contributed by atoms with Crippen molar-refractivity contribution in [1.29, 1.82) is 0 Å². The van der Waals surface area contributed by atoms with Crippen LogP contribution in [0, 0.1) is 6.92 Å². The van der Waals surface area contributed by atoms with Crippen LogP contribution in [0.15, 0.2) is 42.5 Å². The molecule has 0 fully saturated rings. The zero-order valence-electron chi connectivity index (χ0n) is 14.7. The van der Waals surface area contributed by atoms with Gasteiger partial charge in [0.25, 0.3) is 0 Å². The van der Waals surface area contributed by atoms with Crippen molar-refractivity contribution >= 4 is 29.2 Å². The second kappa shape index (κ2) is 7.79. The van der Waals surface area contributed by atoms with Crippen LogP contribution in [-0.4, -0.2) is 25.0 Å². The number of rotatable bonds is 5. The summed E-state index contributed by atoms with van der Waals surface area (Å²) in [6.45, 7) is 2.01. The van der Waals surface area contributed by atoms with Gasteiger partial charge in [-0.2, -0.15) is 0 Å². The molecule has 2 aromatic carbocycles. The largest absolute Gasteiger partial charge is 0.469 e. The molecule has 1 amide bonds. The highest BCUT2D eigenvalue weighted by atomic mass is 35.5. The van der Waals surface area contributed by atoms with Crippen LogP contribution in [0.4, 0.5) is 5.69 Å². The maximum atomic E-state index is 12.8. The molecular formula is C20H21ClN2O3. The lowest BCUT2D eigenvalue weighted by Crippen LogP contribution is -2.41. The monoisotopic (exact) mass is 372 g/mol. The lowest BCUT2D eigenvalue weighted by atomic mass is 10.0. The fourth-order valence-electron chi connectivity index (χ4n) is 3.18. The molecule has 2 aromatic rings. The van der Waals surface area contributed by atoms with E-state index >= 15 is 0 Å². The minimum Gasteiger partial charge on any atom is -0.469 e. The highest BCUT2D eigenvalue weighted by molar-refractivity contribution is 6.30. The molecule has 0 spiro atoms. The lowest BCUT2D eigenvalue weighted by Gasteiger charge is -2.21. The van der Waals surface area contributed by atoms with Crippen LogP contribution < -0.4 is 10.6 Å². The number of ether oxygens (including phenoxy) is 1. The first-order valence-electron chi connectivity index (χ1n) is 8.45. The molecule has 2 N–H and O–H groups in total. The topological polar surface area (TPSA) is 67.4 Å². The van der Waals surface area contributed by atoms with E-state index in [1.165, 1.54) is 7.11 Å². The van der Waals surface area contributed by atoms with E-state index in [1.54, 1.807) is 24.3 Å². The molecule has 1 aliphatic rings. The first kappa shape index (κ1) is 18.3. The predicted octanol–water partition coefficient (Wildman–Crippen LogP) is 3.41. The van der Waals surface area contributed by atoms with Crippen LogP contribution >= 0.6 is 11.6 Å². The third-order valence-electron chi connectivity index (χ3n) is 4.61. The number of carbonyl (C=O) groups excluding carboxylic acids is 2. The van der Waals surface area contributed by atoms with E-state index in [9.17, 15) is 9.59 Å². The molecule has 0 saturated heterocycles. The van der Waals surface area contributed by atoms with Crippen molar-refractivity contribution in [2.75, 3.05) is 12.4 Å². The van der Waals surface area contributed by atoms with Crippen molar-refractivity contribution in [3.8, 4) is 0 Å². The molecule has 136 valence electrons. The SMILES string of the molecule is COC(=O)C[C@H](NC(=O)C1Cc2cccc(C)c2N1)c1ccc(Cl)cc1. The standard InChI is InChI=1S/C20H21ClN2O3/c1-12-4-3-5-14-10-17(22-19(12)14)20(25)23-16(11-18(24)26-2)13-6-8-15(21)9-7-13/h3-9,16-17,22H,10-11H2,1-2H3,(H,23,25)/t16-,17?/m0/s1. The molecule has 0 radical (unpaired) electrons. The maximum Gasteiger partial charge on any atom is 0.307 e. The van der Waals surface area contributed by atoms with Gasteiger partial charge in [-0.25, -0.2) is 0 Å². The molecule has 1 heterocycles. The van der Waals surface area contributed by atoms with Crippen LogP contribution in [0.25, 0.3) is 0 Å². The Kier molecular flexibility index (Phi) is 5.47. The molecule has 5 nitrogen and oxygen atoms in total. The number of nitrogens with one attached hydrogen (secondary N) is 2. The average Bonchev–Trinajstić information content (AvgIpc) is 3.07. The number of esters is 1. The predicted molar refractivity (Wildman–Crippen MR) is 101 cm³/mol. The van der Waals surface area contributed by atoms with Crippen molar-refractivity contribution in [3.63, 3.8) is 0 Å². The van der Waals surface area contributed by atoms with Crippen LogP contribution in [-0.2, 0) is 20.7 Å². The molecule has 0 bridgehead atoms. The Morgan fingerprint density at radius 2 is 2.00 bits per heavy atom. The Morgan fingerprint density at radius 3 is 2.65 bits per heavy atom. The molecule has 0 saturated carbocycles. The zero-order valence-corrected chi connectivity index (χ0v) is 15.5. The van der Waals surface area contributed by atoms with Gasteiger partial charge in [0.2, 0.25) is 5.91 Å². The zero-order chi connectivity index (χ0) is 18.7. The van der Waals surface area contributed by atoms with E-state index in [2.05, 4.69) is 10.6 Å². The van der Waals surface area contributed by atoms with Crippen LogP contribution in [0.2, 0.25) is 5.02 Å². The summed E-state index contributed by atoms with van der Waals surface area (Å²) in [4.78, 5) is 24.6. The number of amides is 1. The molecule has 1 unspecified atom stereocenters. The number of para-hydroxylation sites is 1. The maximum absolute atomic E-state index is 12.8. The molecule has 1 aliphatic heterocycles.